The highest BCUT2D eigenvalue weighted by Crippen LogP contribution is 2.20. The van der Waals surface area contributed by atoms with Crippen molar-refractivity contribution >= 4 is 28.1 Å². The molecule has 0 saturated heterocycles. The third-order valence-corrected chi connectivity index (χ3v) is 4.00. The minimum absolute atomic E-state index is 0.00703. The van der Waals surface area contributed by atoms with Gasteiger partial charge in [-0.2, -0.15) is 0 Å². The lowest BCUT2D eigenvalue weighted by Crippen LogP contribution is -2.45. The third kappa shape index (κ3) is 7.25. The molecule has 1 saturated carbocycles. The molecule has 0 aromatic carbocycles. The Kier molecular flexibility index (Phi) is 6.57. The summed E-state index contributed by atoms with van der Waals surface area (Å²) in [6.45, 7) is 5.48. The van der Waals surface area contributed by atoms with Gasteiger partial charge in [0.05, 0.1) is 0 Å². The fourth-order valence-corrected chi connectivity index (χ4v) is 2.72. The molecule has 1 fully saturated rings. The maximum absolute atomic E-state index is 11.9. The minimum atomic E-state index is -0.555. The molecule has 1 aromatic rings. The van der Waals surface area contributed by atoms with E-state index in [9.17, 15) is 9.59 Å². The first-order valence-electron chi connectivity index (χ1n) is 8.18. The normalized spacial score (nSPS) is 20.5. The van der Waals surface area contributed by atoms with Crippen LogP contribution in [0.25, 0.3) is 0 Å². The fourth-order valence-electron chi connectivity index (χ4n) is 2.51. The van der Waals surface area contributed by atoms with Gasteiger partial charge in [-0.3, -0.25) is 0 Å². The van der Waals surface area contributed by atoms with Gasteiger partial charge < -0.3 is 20.1 Å². The summed E-state index contributed by atoms with van der Waals surface area (Å²) in [6.07, 6.45) is 2.07. The number of aromatic nitrogens is 2. The summed E-state index contributed by atoms with van der Waals surface area (Å²) in [6, 6.07) is 3.26. The molecule has 138 valence electrons. The molecule has 0 bridgehead atoms. The van der Waals surface area contributed by atoms with Crippen LogP contribution in [-0.2, 0) is 4.74 Å². The van der Waals surface area contributed by atoms with Crippen molar-refractivity contribution < 1.29 is 19.1 Å². The van der Waals surface area contributed by atoms with Crippen molar-refractivity contribution in [2.75, 3.05) is 0 Å². The van der Waals surface area contributed by atoms with E-state index in [2.05, 4.69) is 36.8 Å². The van der Waals surface area contributed by atoms with Crippen molar-refractivity contribution in [2.24, 2.45) is 0 Å². The average Bonchev–Trinajstić information content (AvgIpc) is 2.49. The lowest BCUT2D eigenvalue weighted by molar-refractivity contribution is 0.0489. The molecular formula is C16H23BrN4O4. The summed E-state index contributed by atoms with van der Waals surface area (Å²) in [5.41, 5.74) is -0.511. The molecule has 1 aliphatic rings. The zero-order chi connectivity index (χ0) is 18.4. The highest BCUT2D eigenvalue weighted by molar-refractivity contribution is 9.10. The summed E-state index contributed by atoms with van der Waals surface area (Å²) in [7, 11) is 0. The second kappa shape index (κ2) is 8.46. The van der Waals surface area contributed by atoms with Crippen LogP contribution in [-0.4, -0.2) is 40.1 Å². The zero-order valence-electron chi connectivity index (χ0n) is 14.5. The van der Waals surface area contributed by atoms with Crippen molar-refractivity contribution in [1.29, 1.82) is 0 Å². The molecule has 25 heavy (non-hydrogen) atoms. The van der Waals surface area contributed by atoms with E-state index in [-0.39, 0.29) is 18.0 Å². The number of hydrogen-bond donors (Lipinski definition) is 2. The second-order valence-corrected chi connectivity index (χ2v) is 7.74. The Hall–Kier alpha value is -1.90. The first-order chi connectivity index (χ1) is 11.7. The lowest BCUT2D eigenvalue weighted by atomic mass is 9.91. The molecule has 1 heterocycles. The van der Waals surface area contributed by atoms with Gasteiger partial charge in [0.2, 0.25) is 5.88 Å². The summed E-state index contributed by atoms with van der Waals surface area (Å²) in [5.74, 6) is 0.140. The molecule has 2 rings (SSSR count). The van der Waals surface area contributed by atoms with E-state index in [1.165, 1.54) is 0 Å². The standard InChI is InChI=1S/C16H23BrN4O4/c1-16(2,3)25-15(23)19-11-6-4-10(5-7-11)18-14(22)24-13-9-8-12(17)20-21-13/h8-11H,4-7H2,1-3H3,(H,18,22)(H,19,23). The Morgan fingerprint density at radius 3 is 2.08 bits per heavy atom. The number of nitrogens with zero attached hydrogens (tertiary/aromatic N) is 2. The molecule has 2 N–H and O–H groups in total. The van der Waals surface area contributed by atoms with Gasteiger partial charge in [-0.05, 0) is 68.5 Å². The van der Waals surface area contributed by atoms with Crippen molar-refractivity contribution in [3.8, 4) is 5.88 Å². The van der Waals surface area contributed by atoms with E-state index in [0.717, 1.165) is 25.7 Å². The Morgan fingerprint density at radius 1 is 1.04 bits per heavy atom. The maximum atomic E-state index is 11.9. The molecule has 0 spiro atoms. The maximum Gasteiger partial charge on any atom is 0.414 e. The number of nitrogens with one attached hydrogen (secondary N) is 2. The fraction of sp³-hybridized carbons (Fsp3) is 0.625. The average molecular weight is 415 g/mol. The van der Waals surface area contributed by atoms with E-state index in [1.807, 2.05) is 20.8 Å². The van der Waals surface area contributed by atoms with E-state index in [4.69, 9.17) is 9.47 Å². The van der Waals surface area contributed by atoms with E-state index < -0.39 is 17.8 Å². The van der Waals surface area contributed by atoms with Crippen LogP contribution >= 0.6 is 15.9 Å². The Morgan fingerprint density at radius 2 is 1.60 bits per heavy atom. The van der Waals surface area contributed by atoms with Crippen LogP contribution in [0.4, 0.5) is 9.59 Å². The van der Waals surface area contributed by atoms with Gasteiger partial charge in [0.15, 0.2) is 0 Å². The second-order valence-electron chi connectivity index (χ2n) is 6.92. The summed E-state index contributed by atoms with van der Waals surface area (Å²) in [5, 5.41) is 13.2. The molecule has 0 radical (unpaired) electrons. The summed E-state index contributed by atoms with van der Waals surface area (Å²) < 4.78 is 10.9. The third-order valence-electron chi connectivity index (χ3n) is 3.57. The van der Waals surface area contributed by atoms with Crippen LogP contribution in [0.1, 0.15) is 46.5 Å². The molecule has 0 aliphatic heterocycles. The Bertz CT molecular complexity index is 595. The highest BCUT2D eigenvalue weighted by Gasteiger charge is 2.26. The van der Waals surface area contributed by atoms with Crippen molar-refractivity contribution in [3.05, 3.63) is 16.7 Å². The van der Waals surface area contributed by atoms with Crippen LogP contribution in [0.3, 0.4) is 0 Å². The van der Waals surface area contributed by atoms with Crippen LogP contribution in [0.2, 0.25) is 0 Å². The molecule has 2 amide bonds. The highest BCUT2D eigenvalue weighted by atomic mass is 79.9. The van der Waals surface area contributed by atoms with Gasteiger partial charge in [-0.25, -0.2) is 9.59 Å². The number of hydrogen-bond acceptors (Lipinski definition) is 6. The number of alkyl carbamates (subject to hydrolysis) is 1. The number of amides is 2. The smallest absolute Gasteiger partial charge is 0.414 e. The number of rotatable bonds is 3. The van der Waals surface area contributed by atoms with Gasteiger partial charge in [-0.15, -0.1) is 10.2 Å². The van der Waals surface area contributed by atoms with Crippen LogP contribution < -0.4 is 15.4 Å². The summed E-state index contributed by atoms with van der Waals surface area (Å²) >= 11 is 3.16. The minimum Gasteiger partial charge on any atom is -0.444 e. The first-order valence-corrected chi connectivity index (χ1v) is 8.97. The first kappa shape index (κ1) is 19.4. The van der Waals surface area contributed by atoms with E-state index in [0.29, 0.717) is 4.60 Å². The lowest BCUT2D eigenvalue weighted by Gasteiger charge is -2.30. The van der Waals surface area contributed by atoms with Crippen LogP contribution in [0, 0.1) is 0 Å². The molecule has 0 atom stereocenters. The number of halogens is 1. The van der Waals surface area contributed by atoms with E-state index in [1.54, 1.807) is 12.1 Å². The summed E-state index contributed by atoms with van der Waals surface area (Å²) in [4.78, 5) is 23.7. The van der Waals surface area contributed by atoms with Crippen molar-refractivity contribution in [2.45, 2.75) is 64.1 Å². The van der Waals surface area contributed by atoms with Crippen LogP contribution in [0.15, 0.2) is 16.7 Å². The van der Waals surface area contributed by atoms with Crippen LogP contribution in [0.5, 0.6) is 5.88 Å². The predicted octanol–water partition coefficient (Wildman–Crippen LogP) is 3.16. The van der Waals surface area contributed by atoms with Gasteiger partial charge in [0.1, 0.15) is 10.2 Å². The van der Waals surface area contributed by atoms with Gasteiger partial charge >= 0.3 is 12.2 Å². The van der Waals surface area contributed by atoms with Gasteiger partial charge in [-0.1, -0.05) is 0 Å². The van der Waals surface area contributed by atoms with Gasteiger partial charge in [0, 0.05) is 18.2 Å². The van der Waals surface area contributed by atoms with Crippen molar-refractivity contribution in [3.63, 3.8) is 0 Å². The largest absolute Gasteiger partial charge is 0.444 e. The Labute approximate surface area is 155 Å². The molecule has 9 heteroatoms. The van der Waals surface area contributed by atoms with Crippen molar-refractivity contribution in [1.82, 2.24) is 20.8 Å². The molecular weight excluding hydrogens is 392 g/mol. The molecule has 0 unspecified atom stereocenters. The molecule has 8 nitrogen and oxygen atoms in total. The zero-order valence-corrected chi connectivity index (χ0v) is 16.1. The number of carbonyl (C=O) groups excluding carboxylic acids is 2. The number of carbonyl (C=O) groups is 2. The number of ether oxygens (including phenoxy) is 2. The molecule has 1 aromatic heterocycles. The Balaban J connectivity index is 1.70. The molecule has 1 aliphatic carbocycles. The topological polar surface area (TPSA) is 102 Å². The quantitative estimate of drug-likeness (QED) is 0.786. The SMILES string of the molecule is CC(C)(C)OC(=O)NC1CCC(NC(=O)Oc2ccc(Br)nn2)CC1. The van der Waals surface area contributed by atoms with E-state index >= 15 is 0 Å². The monoisotopic (exact) mass is 414 g/mol. The van der Waals surface area contributed by atoms with Gasteiger partial charge in [0.25, 0.3) is 0 Å². The predicted molar refractivity (Wildman–Crippen MR) is 94.3 cm³/mol.